The Morgan fingerprint density at radius 1 is 0.950 bits per heavy atom. The Morgan fingerprint density at radius 3 is 1.60 bits per heavy atom. The Kier molecular flexibility index (Phi) is 14.5. The third-order valence-corrected chi connectivity index (χ3v) is 2.27. The van der Waals surface area contributed by atoms with Crippen LogP contribution in [0, 0.1) is 6.92 Å². The van der Waals surface area contributed by atoms with E-state index in [2.05, 4.69) is 26.0 Å². The standard InChI is InChI=1S/C12H19N5.2ClH.Co/c1-8-6-11(9(2)16-13-4)15-12(7-8)10(3)17-14-5;;;/h6-7,13-14H,1-5H3;2*1H;/q;;;+2/p-2. The summed E-state index contributed by atoms with van der Waals surface area (Å²) in [6.45, 7) is 5.88. The molecule has 20 heavy (non-hydrogen) atoms. The van der Waals surface area contributed by atoms with Crippen molar-refractivity contribution in [3.63, 3.8) is 0 Å². The van der Waals surface area contributed by atoms with Crippen LogP contribution in [0.1, 0.15) is 30.8 Å². The van der Waals surface area contributed by atoms with E-state index in [9.17, 15) is 0 Å². The summed E-state index contributed by atoms with van der Waals surface area (Å²) >= 11 is 0. The molecule has 0 amide bonds. The van der Waals surface area contributed by atoms with Gasteiger partial charge in [-0.05, 0) is 38.5 Å². The first-order valence-electron chi connectivity index (χ1n) is 5.50. The van der Waals surface area contributed by atoms with E-state index in [0.717, 1.165) is 28.4 Å². The summed E-state index contributed by atoms with van der Waals surface area (Å²) < 4.78 is 0. The predicted molar refractivity (Wildman–Crippen MR) is 71.5 cm³/mol. The molecule has 1 radical (unpaired) electrons. The van der Waals surface area contributed by atoms with E-state index in [-0.39, 0.29) is 41.6 Å². The van der Waals surface area contributed by atoms with Gasteiger partial charge in [0.15, 0.2) is 0 Å². The van der Waals surface area contributed by atoms with Gasteiger partial charge in [-0.15, -0.1) is 0 Å². The molecule has 1 heterocycles. The number of hydrogen-bond donors (Lipinski definition) is 2. The fraction of sp³-hybridized carbons (Fsp3) is 0.417. The zero-order valence-corrected chi connectivity index (χ0v) is 14.6. The second-order valence-corrected chi connectivity index (χ2v) is 3.76. The quantitative estimate of drug-likeness (QED) is 0.418. The fourth-order valence-corrected chi connectivity index (χ4v) is 1.49. The molecule has 0 aliphatic carbocycles. The van der Waals surface area contributed by atoms with E-state index in [1.807, 2.05) is 32.9 Å². The number of hydrazone groups is 2. The fourth-order valence-electron chi connectivity index (χ4n) is 1.49. The van der Waals surface area contributed by atoms with Gasteiger partial charge in [0.1, 0.15) is 0 Å². The zero-order valence-electron chi connectivity index (χ0n) is 12.1. The van der Waals surface area contributed by atoms with Crippen molar-refractivity contribution < 1.29 is 41.6 Å². The molecule has 2 N–H and O–H groups in total. The second-order valence-electron chi connectivity index (χ2n) is 3.76. The smallest absolute Gasteiger partial charge is 1.00 e. The van der Waals surface area contributed by atoms with Crippen molar-refractivity contribution in [1.82, 2.24) is 15.8 Å². The summed E-state index contributed by atoms with van der Waals surface area (Å²) in [6, 6.07) is 4.01. The molecule has 0 bridgehead atoms. The second kappa shape index (κ2) is 12.0. The maximum Gasteiger partial charge on any atom is 2.00 e. The Bertz CT molecular complexity index is 425. The van der Waals surface area contributed by atoms with Crippen LogP contribution in [0.3, 0.4) is 0 Å². The number of hydrogen-bond acceptors (Lipinski definition) is 5. The maximum absolute atomic E-state index is 4.53. The Labute approximate surface area is 143 Å². The number of halogens is 2. The van der Waals surface area contributed by atoms with Crippen molar-refractivity contribution in [3.8, 4) is 0 Å². The Morgan fingerprint density at radius 2 is 1.30 bits per heavy atom. The van der Waals surface area contributed by atoms with Crippen molar-refractivity contribution in [2.45, 2.75) is 20.8 Å². The van der Waals surface area contributed by atoms with Gasteiger partial charge in [0.05, 0.1) is 22.8 Å². The van der Waals surface area contributed by atoms with Gasteiger partial charge < -0.3 is 35.7 Å². The van der Waals surface area contributed by atoms with E-state index in [1.54, 1.807) is 14.1 Å². The van der Waals surface area contributed by atoms with Gasteiger partial charge in [0.2, 0.25) is 0 Å². The van der Waals surface area contributed by atoms with Crippen LogP contribution < -0.4 is 35.7 Å². The molecule has 0 atom stereocenters. The minimum Gasteiger partial charge on any atom is -1.00 e. The summed E-state index contributed by atoms with van der Waals surface area (Å²) in [5, 5.41) is 8.26. The Hall–Kier alpha value is -0.824. The molecule has 0 aliphatic heterocycles. The first kappa shape index (κ1) is 24.2. The molecule has 1 aromatic heterocycles. The van der Waals surface area contributed by atoms with Gasteiger partial charge in [-0.25, -0.2) is 4.98 Å². The van der Waals surface area contributed by atoms with Crippen LogP contribution in [-0.2, 0) is 16.8 Å². The number of rotatable bonds is 4. The summed E-state index contributed by atoms with van der Waals surface area (Å²) in [4.78, 5) is 4.53. The van der Waals surface area contributed by atoms with Gasteiger partial charge in [-0.1, -0.05) is 0 Å². The number of aromatic nitrogens is 1. The van der Waals surface area contributed by atoms with E-state index in [4.69, 9.17) is 0 Å². The van der Waals surface area contributed by atoms with Crippen LogP contribution in [0.15, 0.2) is 22.3 Å². The van der Waals surface area contributed by atoms with Gasteiger partial charge >= 0.3 is 16.8 Å². The van der Waals surface area contributed by atoms with E-state index in [1.165, 1.54) is 0 Å². The Balaban J connectivity index is -0.000000963. The van der Waals surface area contributed by atoms with Gasteiger partial charge in [0.25, 0.3) is 0 Å². The van der Waals surface area contributed by atoms with Crippen LogP contribution in [0.5, 0.6) is 0 Å². The molecule has 0 spiro atoms. The number of nitrogens with zero attached hydrogens (tertiary/aromatic N) is 3. The van der Waals surface area contributed by atoms with Crippen molar-refractivity contribution in [2.24, 2.45) is 10.2 Å². The molecule has 0 fully saturated rings. The van der Waals surface area contributed by atoms with Crippen LogP contribution in [0.2, 0.25) is 0 Å². The zero-order chi connectivity index (χ0) is 12.8. The van der Waals surface area contributed by atoms with E-state index < -0.39 is 0 Å². The molecule has 0 aliphatic rings. The summed E-state index contributed by atoms with van der Waals surface area (Å²) in [5.74, 6) is 0. The average molecular weight is 363 g/mol. The number of nitrogens with one attached hydrogen (secondary N) is 2. The monoisotopic (exact) mass is 362 g/mol. The van der Waals surface area contributed by atoms with Gasteiger partial charge in [-0.3, -0.25) is 0 Å². The third-order valence-electron chi connectivity index (χ3n) is 2.27. The molecule has 8 heteroatoms. The van der Waals surface area contributed by atoms with Crippen LogP contribution in [0.4, 0.5) is 0 Å². The van der Waals surface area contributed by atoms with Crippen molar-refractivity contribution in [2.75, 3.05) is 14.1 Å². The van der Waals surface area contributed by atoms with Gasteiger partial charge in [-0.2, -0.15) is 10.2 Å². The number of aryl methyl sites for hydroxylation is 1. The molecule has 5 nitrogen and oxygen atoms in total. The molecule has 1 rings (SSSR count). The van der Waals surface area contributed by atoms with Crippen molar-refractivity contribution in [1.29, 1.82) is 0 Å². The molecule has 0 aromatic carbocycles. The average Bonchev–Trinajstić information content (AvgIpc) is 2.29. The SMILES string of the molecule is CNN=C(C)c1cc(C)cc(C(C)=NNC)n1.[Cl-].[Cl-].[Co+2]. The van der Waals surface area contributed by atoms with Crippen LogP contribution in [-0.4, -0.2) is 30.5 Å². The third kappa shape index (κ3) is 7.09. The maximum atomic E-state index is 4.53. The topological polar surface area (TPSA) is 61.7 Å². The molecule has 115 valence electrons. The summed E-state index contributed by atoms with van der Waals surface area (Å²) in [6.07, 6.45) is 0. The summed E-state index contributed by atoms with van der Waals surface area (Å²) in [7, 11) is 3.54. The van der Waals surface area contributed by atoms with E-state index >= 15 is 0 Å². The largest absolute Gasteiger partial charge is 2.00 e. The minimum atomic E-state index is 0. The van der Waals surface area contributed by atoms with Crippen LogP contribution in [0.25, 0.3) is 0 Å². The number of pyridine rings is 1. The first-order chi connectivity index (χ1) is 8.08. The van der Waals surface area contributed by atoms with E-state index in [0.29, 0.717) is 0 Å². The summed E-state index contributed by atoms with van der Waals surface area (Å²) in [5.41, 5.74) is 10.1. The van der Waals surface area contributed by atoms with Gasteiger partial charge in [0, 0.05) is 14.1 Å². The molecular weight excluding hydrogens is 344 g/mol. The molecule has 1 aromatic rings. The van der Waals surface area contributed by atoms with Crippen LogP contribution >= 0.6 is 0 Å². The van der Waals surface area contributed by atoms with Crippen molar-refractivity contribution in [3.05, 3.63) is 29.1 Å². The molecule has 0 unspecified atom stereocenters. The molecule has 0 saturated heterocycles. The minimum absolute atomic E-state index is 0. The van der Waals surface area contributed by atoms with Crippen molar-refractivity contribution >= 4 is 11.4 Å². The normalized spacial score (nSPS) is 10.7. The molecule has 0 saturated carbocycles. The molecular formula is C12H19Cl2CoN5. The predicted octanol–water partition coefficient (Wildman–Crippen LogP) is -4.72. The first-order valence-corrected chi connectivity index (χ1v) is 5.50.